The summed E-state index contributed by atoms with van der Waals surface area (Å²) < 4.78 is 13.1. The minimum Gasteiger partial charge on any atom is -0.311 e. The first-order valence-corrected chi connectivity index (χ1v) is 6.98. The Labute approximate surface area is 108 Å². The zero-order chi connectivity index (χ0) is 12.4. The topological polar surface area (TPSA) is 12.0 Å². The van der Waals surface area contributed by atoms with Crippen molar-refractivity contribution < 1.29 is 4.39 Å². The fourth-order valence-corrected chi connectivity index (χ4v) is 3.06. The number of nitrogens with one attached hydrogen (secondary N) is 1. The number of hydrogen-bond donors (Lipinski definition) is 1. The van der Waals surface area contributed by atoms with E-state index in [1.54, 1.807) is 6.07 Å². The summed E-state index contributed by atoms with van der Waals surface area (Å²) in [4.78, 5) is 0. The van der Waals surface area contributed by atoms with Crippen LogP contribution in [0.1, 0.15) is 43.6 Å². The molecule has 0 aromatic heterocycles. The van der Waals surface area contributed by atoms with E-state index in [-0.39, 0.29) is 5.82 Å². The van der Waals surface area contributed by atoms with Gasteiger partial charge < -0.3 is 5.32 Å². The van der Waals surface area contributed by atoms with E-state index in [1.165, 1.54) is 25.3 Å². The maximum atomic E-state index is 13.1. The first-order chi connectivity index (χ1) is 8.81. The first-order valence-electron chi connectivity index (χ1n) is 6.98. The van der Waals surface area contributed by atoms with Crippen molar-refractivity contribution in [1.29, 1.82) is 0 Å². The summed E-state index contributed by atoms with van der Waals surface area (Å²) in [6.45, 7) is 0. The third-order valence-electron chi connectivity index (χ3n) is 4.20. The largest absolute Gasteiger partial charge is 0.311 e. The molecule has 0 saturated heterocycles. The zero-order valence-electron chi connectivity index (χ0n) is 10.6. The van der Waals surface area contributed by atoms with Crippen LogP contribution in [0.3, 0.4) is 0 Å². The van der Waals surface area contributed by atoms with Crippen molar-refractivity contribution in [3.8, 4) is 0 Å². The molecule has 1 atom stereocenters. The van der Waals surface area contributed by atoms with E-state index in [2.05, 4.69) is 17.5 Å². The molecular formula is C16H20FN. The SMILES string of the molecule is Fc1cccc(C2CC(NC3CC=CCC3)C2)c1. The number of allylic oxidation sites excluding steroid dienone is 1. The van der Waals surface area contributed by atoms with Gasteiger partial charge in [0.25, 0.3) is 0 Å². The Morgan fingerprint density at radius 2 is 2.00 bits per heavy atom. The lowest BCUT2D eigenvalue weighted by Gasteiger charge is -2.39. The minimum atomic E-state index is -0.110. The Morgan fingerprint density at radius 1 is 1.11 bits per heavy atom. The van der Waals surface area contributed by atoms with Crippen molar-refractivity contribution in [2.45, 2.75) is 50.1 Å². The van der Waals surface area contributed by atoms with Crippen LogP contribution in [0.4, 0.5) is 4.39 Å². The molecule has 18 heavy (non-hydrogen) atoms. The van der Waals surface area contributed by atoms with E-state index in [0.717, 1.165) is 18.4 Å². The van der Waals surface area contributed by atoms with Gasteiger partial charge in [0, 0.05) is 12.1 Å². The molecule has 1 saturated carbocycles. The van der Waals surface area contributed by atoms with E-state index in [4.69, 9.17) is 0 Å². The van der Waals surface area contributed by atoms with Gasteiger partial charge in [-0.1, -0.05) is 24.3 Å². The first kappa shape index (κ1) is 11.9. The van der Waals surface area contributed by atoms with Gasteiger partial charge in [-0.3, -0.25) is 0 Å². The van der Waals surface area contributed by atoms with Crippen LogP contribution in [0.2, 0.25) is 0 Å². The molecule has 3 rings (SSSR count). The normalized spacial score (nSPS) is 31.1. The third-order valence-corrected chi connectivity index (χ3v) is 4.20. The van der Waals surface area contributed by atoms with Crippen molar-refractivity contribution in [2.75, 3.05) is 0 Å². The van der Waals surface area contributed by atoms with Crippen molar-refractivity contribution in [3.05, 3.63) is 47.8 Å². The predicted octanol–water partition coefficient (Wildman–Crippen LogP) is 3.77. The van der Waals surface area contributed by atoms with E-state index < -0.39 is 0 Å². The molecule has 0 heterocycles. The molecule has 1 unspecified atom stereocenters. The molecule has 1 N–H and O–H groups in total. The lowest BCUT2D eigenvalue weighted by molar-refractivity contribution is 0.257. The van der Waals surface area contributed by atoms with Crippen molar-refractivity contribution in [2.24, 2.45) is 0 Å². The van der Waals surface area contributed by atoms with Gasteiger partial charge in [0.05, 0.1) is 0 Å². The molecule has 0 bridgehead atoms. The molecule has 1 fully saturated rings. The number of benzene rings is 1. The van der Waals surface area contributed by atoms with E-state index in [0.29, 0.717) is 18.0 Å². The summed E-state index contributed by atoms with van der Waals surface area (Å²) in [6, 6.07) is 8.37. The van der Waals surface area contributed by atoms with Crippen molar-refractivity contribution in [1.82, 2.24) is 5.32 Å². The zero-order valence-corrected chi connectivity index (χ0v) is 10.6. The summed E-state index contributed by atoms with van der Waals surface area (Å²) >= 11 is 0. The quantitative estimate of drug-likeness (QED) is 0.799. The van der Waals surface area contributed by atoms with Crippen LogP contribution in [-0.4, -0.2) is 12.1 Å². The lowest BCUT2D eigenvalue weighted by Crippen LogP contribution is -2.45. The Kier molecular flexibility index (Phi) is 3.46. The van der Waals surface area contributed by atoms with Gasteiger partial charge in [-0.2, -0.15) is 0 Å². The highest BCUT2D eigenvalue weighted by Crippen LogP contribution is 2.37. The smallest absolute Gasteiger partial charge is 0.123 e. The van der Waals surface area contributed by atoms with Gasteiger partial charge in [0.1, 0.15) is 5.82 Å². The van der Waals surface area contributed by atoms with Crippen LogP contribution < -0.4 is 5.32 Å². The molecule has 0 radical (unpaired) electrons. The highest BCUT2D eigenvalue weighted by Gasteiger charge is 2.31. The van der Waals surface area contributed by atoms with Crippen LogP contribution >= 0.6 is 0 Å². The van der Waals surface area contributed by atoms with Crippen LogP contribution in [0.5, 0.6) is 0 Å². The van der Waals surface area contributed by atoms with Gasteiger partial charge >= 0.3 is 0 Å². The predicted molar refractivity (Wildman–Crippen MR) is 72.1 cm³/mol. The maximum Gasteiger partial charge on any atom is 0.123 e. The maximum absolute atomic E-state index is 13.1. The average Bonchev–Trinajstić information content (AvgIpc) is 2.34. The number of rotatable bonds is 3. The van der Waals surface area contributed by atoms with Crippen LogP contribution in [-0.2, 0) is 0 Å². The highest BCUT2D eigenvalue weighted by atomic mass is 19.1. The number of hydrogen-bond acceptors (Lipinski definition) is 1. The summed E-state index contributed by atoms with van der Waals surface area (Å²) in [5.74, 6) is 0.443. The summed E-state index contributed by atoms with van der Waals surface area (Å²) in [5.41, 5.74) is 1.16. The molecule has 2 heteroatoms. The fraction of sp³-hybridized carbons (Fsp3) is 0.500. The highest BCUT2D eigenvalue weighted by molar-refractivity contribution is 5.23. The summed E-state index contributed by atoms with van der Waals surface area (Å²) in [7, 11) is 0. The molecule has 96 valence electrons. The van der Waals surface area contributed by atoms with E-state index in [9.17, 15) is 4.39 Å². The lowest BCUT2D eigenvalue weighted by atomic mass is 9.75. The second-order valence-corrected chi connectivity index (χ2v) is 5.57. The van der Waals surface area contributed by atoms with Crippen LogP contribution in [0, 0.1) is 5.82 Å². The molecule has 0 aliphatic heterocycles. The molecular weight excluding hydrogens is 225 g/mol. The van der Waals surface area contributed by atoms with E-state index >= 15 is 0 Å². The monoisotopic (exact) mass is 245 g/mol. The van der Waals surface area contributed by atoms with Crippen LogP contribution in [0.15, 0.2) is 36.4 Å². The second kappa shape index (κ2) is 5.23. The number of halogens is 1. The molecule has 1 aromatic rings. The average molecular weight is 245 g/mol. The molecule has 0 amide bonds. The molecule has 1 nitrogen and oxygen atoms in total. The van der Waals surface area contributed by atoms with Gasteiger partial charge in [-0.25, -0.2) is 4.39 Å². The van der Waals surface area contributed by atoms with Crippen molar-refractivity contribution in [3.63, 3.8) is 0 Å². The molecule has 2 aliphatic carbocycles. The minimum absolute atomic E-state index is 0.110. The van der Waals surface area contributed by atoms with E-state index in [1.807, 2.05) is 12.1 Å². The van der Waals surface area contributed by atoms with Gasteiger partial charge in [-0.05, 0) is 55.7 Å². The summed E-state index contributed by atoms with van der Waals surface area (Å²) in [6.07, 6.45) is 10.5. The van der Waals surface area contributed by atoms with Gasteiger partial charge in [-0.15, -0.1) is 0 Å². The molecule has 1 aromatic carbocycles. The Morgan fingerprint density at radius 3 is 2.72 bits per heavy atom. The molecule has 0 spiro atoms. The Hall–Kier alpha value is -1.15. The fourth-order valence-electron chi connectivity index (χ4n) is 3.06. The van der Waals surface area contributed by atoms with Crippen molar-refractivity contribution >= 4 is 0 Å². The summed E-state index contributed by atoms with van der Waals surface area (Å²) in [5, 5.41) is 3.72. The van der Waals surface area contributed by atoms with Gasteiger partial charge in [0.15, 0.2) is 0 Å². The Balaban J connectivity index is 1.49. The Bertz CT molecular complexity index is 434. The standard InChI is InChI=1S/C16H20FN/c17-14-6-4-5-12(9-14)13-10-16(11-13)18-15-7-2-1-3-8-15/h1-2,4-6,9,13,15-16,18H,3,7-8,10-11H2. The third kappa shape index (κ3) is 2.64. The molecule has 2 aliphatic rings. The van der Waals surface area contributed by atoms with Gasteiger partial charge in [0.2, 0.25) is 0 Å². The van der Waals surface area contributed by atoms with Crippen LogP contribution in [0.25, 0.3) is 0 Å². The second-order valence-electron chi connectivity index (χ2n) is 5.57.